The number of aryl methyl sites for hydroxylation is 8. The Morgan fingerprint density at radius 3 is 1.26 bits per heavy atom. The van der Waals surface area contributed by atoms with Crippen LogP contribution in [0.1, 0.15) is 101 Å². The molecular formula is C35H49FN4W2. The van der Waals surface area contributed by atoms with Gasteiger partial charge in [-0.1, -0.05) is 13.8 Å². The molecule has 228 valence electrons. The van der Waals surface area contributed by atoms with Crippen molar-refractivity contribution in [3.63, 3.8) is 0 Å². The molecule has 0 aromatic carbocycles. The van der Waals surface area contributed by atoms with E-state index in [0.29, 0.717) is 0 Å². The third-order valence-electron chi connectivity index (χ3n) is 8.26. The molecule has 4 heterocycles. The Morgan fingerprint density at radius 2 is 0.929 bits per heavy atom. The third kappa shape index (κ3) is 8.25. The molecular weight excluding hydrogens is 863 g/mol. The van der Waals surface area contributed by atoms with Crippen LogP contribution in [0.3, 0.4) is 0 Å². The first-order valence-corrected chi connectivity index (χ1v) is 14.2. The second kappa shape index (κ2) is 18.5. The zero-order chi connectivity index (χ0) is 29.6. The summed E-state index contributed by atoms with van der Waals surface area (Å²) in [5.74, 6) is 8.76. The number of nitrogens with zero attached hydrogens (tertiary/aromatic N) is 4. The quantitative estimate of drug-likeness (QED) is 0.193. The fraction of sp³-hybridized carbons (Fsp3) is 0.486. The summed E-state index contributed by atoms with van der Waals surface area (Å²) in [6.45, 7) is 27.6. The van der Waals surface area contributed by atoms with E-state index in [4.69, 9.17) is 16.4 Å². The fourth-order valence-electron chi connectivity index (χ4n) is 5.16. The number of terminal acetylenes is 1. The number of pyridine rings is 2. The summed E-state index contributed by atoms with van der Waals surface area (Å²) in [5.41, 5.74) is 17.5. The molecule has 0 atom stereocenters. The zero-order valence-electron chi connectivity index (χ0n) is 27.9. The Hall–Kier alpha value is -2.19. The van der Waals surface area contributed by atoms with Gasteiger partial charge in [0.15, 0.2) is 0 Å². The molecule has 0 aliphatic rings. The summed E-state index contributed by atoms with van der Waals surface area (Å²) in [5, 5.41) is 0. The molecule has 0 fully saturated rings. The van der Waals surface area contributed by atoms with E-state index in [-0.39, 0.29) is 46.8 Å². The van der Waals surface area contributed by atoms with Crippen LogP contribution in [0.5, 0.6) is 0 Å². The van der Waals surface area contributed by atoms with Crippen LogP contribution in [-0.2, 0) is 55.0 Å². The molecule has 0 spiro atoms. The van der Waals surface area contributed by atoms with Gasteiger partial charge >= 0.3 is 0 Å². The van der Waals surface area contributed by atoms with Gasteiger partial charge in [0, 0.05) is 90.6 Å². The molecule has 0 unspecified atom stereocenters. The predicted octanol–water partition coefficient (Wildman–Crippen LogP) is 8.45. The Labute approximate surface area is 282 Å². The maximum Gasteiger partial charge on any atom is 0.140 e. The summed E-state index contributed by atoms with van der Waals surface area (Å²) < 4.78 is 4.57. The molecule has 0 aliphatic heterocycles. The Bertz CT molecular complexity index is 1610. The second-order valence-electron chi connectivity index (χ2n) is 10.2. The first-order chi connectivity index (χ1) is 18.5. The Balaban J connectivity index is 0. The van der Waals surface area contributed by atoms with Crippen LogP contribution in [0.15, 0.2) is 0 Å². The van der Waals surface area contributed by atoms with Crippen LogP contribution in [0.2, 0.25) is 0 Å². The zero-order valence-corrected chi connectivity index (χ0v) is 33.8. The van der Waals surface area contributed by atoms with Gasteiger partial charge in [-0.15, -0.1) is 24.2 Å². The molecule has 0 aliphatic carbocycles. The van der Waals surface area contributed by atoms with Crippen LogP contribution < -0.4 is 0 Å². The summed E-state index contributed by atoms with van der Waals surface area (Å²) >= 11 is 0. The SMILES string of the molecule is C#CCCc1nc2c(C)c(C)c(C)c(C)n2c1C.CC.CC#CCCc1nc2c(C)c(C)c(C)c(C)n2c1C.F.[W].[W]. The smallest absolute Gasteiger partial charge is 0.140 e. The monoisotopic (exact) mass is 912 g/mol. The van der Waals surface area contributed by atoms with Crippen LogP contribution in [0.4, 0.5) is 4.70 Å². The molecule has 0 saturated carbocycles. The van der Waals surface area contributed by atoms with E-state index in [1.54, 1.807) is 0 Å². The van der Waals surface area contributed by atoms with E-state index in [9.17, 15) is 0 Å². The topological polar surface area (TPSA) is 34.6 Å². The number of fused-ring (bicyclic) bond motifs is 2. The van der Waals surface area contributed by atoms with Crippen molar-refractivity contribution in [1.29, 1.82) is 0 Å². The van der Waals surface area contributed by atoms with Crippen LogP contribution in [-0.4, -0.2) is 18.8 Å². The first-order valence-electron chi connectivity index (χ1n) is 14.2. The number of imidazole rings is 2. The van der Waals surface area contributed by atoms with Gasteiger partial charge in [0.2, 0.25) is 0 Å². The molecule has 4 aromatic heterocycles. The number of rotatable bonds is 4. The van der Waals surface area contributed by atoms with Crippen molar-refractivity contribution < 1.29 is 46.8 Å². The molecule has 4 nitrogen and oxygen atoms in total. The van der Waals surface area contributed by atoms with E-state index in [1.807, 2.05) is 20.8 Å². The van der Waals surface area contributed by atoms with Crippen molar-refractivity contribution in [3.8, 4) is 24.2 Å². The molecule has 0 bridgehead atoms. The molecule has 4 rings (SSSR count). The van der Waals surface area contributed by atoms with Gasteiger partial charge in [-0.2, -0.15) is 0 Å². The van der Waals surface area contributed by atoms with Crippen molar-refractivity contribution in [1.82, 2.24) is 18.8 Å². The summed E-state index contributed by atoms with van der Waals surface area (Å²) in [6, 6.07) is 0. The molecule has 0 amide bonds. The Morgan fingerprint density at radius 1 is 0.571 bits per heavy atom. The van der Waals surface area contributed by atoms with Crippen LogP contribution in [0.25, 0.3) is 11.3 Å². The maximum absolute atomic E-state index is 5.34. The average Bonchev–Trinajstić information content (AvgIpc) is 3.45. The van der Waals surface area contributed by atoms with Gasteiger partial charge < -0.3 is 8.80 Å². The standard InChI is InChI=1S/C17H22N2.C16H20N2.C2H6.FH.2W/c1-7-8-9-10-16-15(6)19-14(5)12(3)11(2)13(4)17(19)18-16;1-7-8-9-15-14(6)18-13(5)11(3)10(2)12(4)16(18)17-15;1-2;;;/h9-10H2,1-6H3;1H,8-9H2,2-6H3;1-2H3;1H;;. The summed E-state index contributed by atoms with van der Waals surface area (Å²) in [4.78, 5) is 9.62. The van der Waals surface area contributed by atoms with Crippen molar-refractivity contribution in [2.75, 3.05) is 0 Å². The minimum Gasteiger partial charge on any atom is -0.301 e. The predicted molar refractivity (Wildman–Crippen MR) is 171 cm³/mol. The second-order valence-corrected chi connectivity index (χ2v) is 10.2. The van der Waals surface area contributed by atoms with E-state index in [0.717, 1.165) is 42.7 Å². The van der Waals surface area contributed by atoms with Gasteiger partial charge in [0.25, 0.3) is 0 Å². The minimum atomic E-state index is 0. The van der Waals surface area contributed by atoms with E-state index >= 15 is 0 Å². The number of aromatic nitrogens is 4. The molecule has 4 aromatic rings. The van der Waals surface area contributed by atoms with Crippen molar-refractivity contribution in [2.45, 2.75) is 116 Å². The van der Waals surface area contributed by atoms with E-state index < -0.39 is 0 Å². The average molecular weight is 912 g/mol. The molecule has 0 radical (unpaired) electrons. The van der Waals surface area contributed by atoms with Crippen molar-refractivity contribution in [2.24, 2.45) is 0 Å². The summed E-state index contributed by atoms with van der Waals surface area (Å²) in [6.07, 6.45) is 8.78. The normalized spacial score (nSPS) is 9.62. The summed E-state index contributed by atoms with van der Waals surface area (Å²) in [7, 11) is 0. The van der Waals surface area contributed by atoms with E-state index in [1.165, 1.54) is 61.9 Å². The molecule has 42 heavy (non-hydrogen) atoms. The van der Waals surface area contributed by atoms with Crippen LogP contribution in [0, 0.1) is 93.4 Å². The molecule has 7 heteroatoms. The number of halogens is 1. The van der Waals surface area contributed by atoms with Gasteiger partial charge in [0.05, 0.1) is 11.4 Å². The van der Waals surface area contributed by atoms with E-state index in [2.05, 4.69) is 95.8 Å². The first kappa shape index (κ1) is 41.9. The fourth-order valence-corrected chi connectivity index (χ4v) is 5.16. The van der Waals surface area contributed by atoms with Gasteiger partial charge in [-0.3, -0.25) is 4.70 Å². The molecule has 0 N–H and O–H groups in total. The van der Waals surface area contributed by atoms with Crippen molar-refractivity contribution in [3.05, 3.63) is 67.5 Å². The van der Waals surface area contributed by atoms with Gasteiger partial charge in [-0.25, -0.2) is 9.97 Å². The van der Waals surface area contributed by atoms with Gasteiger partial charge in [-0.05, 0) is 110 Å². The van der Waals surface area contributed by atoms with Crippen LogP contribution >= 0.6 is 0 Å². The minimum absolute atomic E-state index is 0. The maximum atomic E-state index is 5.34. The Kier molecular flexibility index (Phi) is 18.4. The largest absolute Gasteiger partial charge is 0.301 e. The van der Waals surface area contributed by atoms with Crippen molar-refractivity contribution >= 4 is 11.3 Å². The number of hydrogen-bond acceptors (Lipinski definition) is 2. The van der Waals surface area contributed by atoms with Gasteiger partial charge in [0.1, 0.15) is 11.3 Å². The third-order valence-corrected chi connectivity index (χ3v) is 8.26. The number of hydrogen-bond donors (Lipinski definition) is 0. The molecule has 0 saturated heterocycles.